The molecule has 2 rings (SSSR count). The zero-order valence-electron chi connectivity index (χ0n) is 14.5. The summed E-state index contributed by atoms with van der Waals surface area (Å²) in [6.07, 6.45) is 1.04. The molecule has 0 aliphatic heterocycles. The molecular formula is C19H23N3O3. The van der Waals surface area contributed by atoms with Crippen LogP contribution in [0.15, 0.2) is 42.5 Å². The van der Waals surface area contributed by atoms with Gasteiger partial charge in [0.25, 0.3) is 0 Å². The van der Waals surface area contributed by atoms with E-state index >= 15 is 0 Å². The highest BCUT2D eigenvalue weighted by atomic mass is 16.5. The van der Waals surface area contributed by atoms with Gasteiger partial charge in [-0.05, 0) is 31.0 Å². The van der Waals surface area contributed by atoms with Gasteiger partial charge in [-0.15, -0.1) is 0 Å². The molecular weight excluding hydrogens is 318 g/mol. The normalized spacial score (nSPS) is 10.2. The highest BCUT2D eigenvalue weighted by molar-refractivity contribution is 5.95. The molecule has 0 aromatic heterocycles. The second-order valence-electron chi connectivity index (χ2n) is 5.70. The lowest BCUT2D eigenvalue weighted by Crippen LogP contribution is -2.21. The number of hydrogen-bond donors (Lipinski definition) is 3. The van der Waals surface area contributed by atoms with Crippen molar-refractivity contribution in [2.45, 2.75) is 19.8 Å². The number of carbonyl (C=O) groups excluding carboxylic acids is 2. The third-order valence-corrected chi connectivity index (χ3v) is 3.71. The van der Waals surface area contributed by atoms with Crippen molar-refractivity contribution in [2.24, 2.45) is 5.73 Å². The molecule has 0 saturated carbocycles. The summed E-state index contributed by atoms with van der Waals surface area (Å²) in [5.74, 6) is 0.0769. The zero-order chi connectivity index (χ0) is 18.2. The van der Waals surface area contributed by atoms with Crippen LogP contribution in [0.3, 0.4) is 0 Å². The standard InChI is InChI=1S/C19H23N3O3/c1-13-3-5-14(6-4-13)7-10-18(23)22-16-9-8-15(11-17(16)25-2)21-19(24)12-20/h3-6,8-9,11H,7,10,12,20H2,1-2H3,(H,21,24)(H,22,23). The van der Waals surface area contributed by atoms with Gasteiger partial charge in [-0.2, -0.15) is 0 Å². The van der Waals surface area contributed by atoms with E-state index in [2.05, 4.69) is 10.6 Å². The zero-order valence-corrected chi connectivity index (χ0v) is 14.5. The third kappa shape index (κ3) is 5.61. The molecule has 2 aromatic rings. The number of rotatable bonds is 7. The first-order valence-electron chi connectivity index (χ1n) is 8.05. The van der Waals surface area contributed by atoms with E-state index in [1.54, 1.807) is 18.2 Å². The van der Waals surface area contributed by atoms with Crippen LogP contribution in [-0.2, 0) is 16.0 Å². The number of benzene rings is 2. The lowest BCUT2D eigenvalue weighted by atomic mass is 10.1. The Morgan fingerprint density at radius 1 is 1.04 bits per heavy atom. The van der Waals surface area contributed by atoms with E-state index in [1.165, 1.54) is 12.7 Å². The fraction of sp³-hybridized carbons (Fsp3) is 0.263. The molecule has 0 saturated heterocycles. The maximum Gasteiger partial charge on any atom is 0.238 e. The first-order chi connectivity index (χ1) is 12.0. The van der Waals surface area contributed by atoms with Crippen molar-refractivity contribution >= 4 is 23.2 Å². The van der Waals surface area contributed by atoms with E-state index in [9.17, 15) is 9.59 Å². The predicted octanol–water partition coefficient (Wildman–Crippen LogP) is 2.47. The van der Waals surface area contributed by atoms with Gasteiger partial charge in [-0.25, -0.2) is 0 Å². The highest BCUT2D eigenvalue weighted by Crippen LogP contribution is 2.28. The van der Waals surface area contributed by atoms with Crippen LogP contribution in [0.2, 0.25) is 0 Å². The fourth-order valence-corrected chi connectivity index (χ4v) is 2.31. The summed E-state index contributed by atoms with van der Waals surface area (Å²) in [6, 6.07) is 13.1. The van der Waals surface area contributed by atoms with Crippen molar-refractivity contribution in [1.82, 2.24) is 0 Å². The van der Waals surface area contributed by atoms with Crippen LogP contribution in [0.1, 0.15) is 17.5 Å². The Bertz CT molecular complexity index is 742. The van der Waals surface area contributed by atoms with Gasteiger partial charge in [0, 0.05) is 18.2 Å². The molecule has 6 heteroatoms. The Hall–Kier alpha value is -2.86. The molecule has 0 unspecified atom stereocenters. The van der Waals surface area contributed by atoms with Crippen molar-refractivity contribution in [3.05, 3.63) is 53.6 Å². The first-order valence-corrected chi connectivity index (χ1v) is 8.05. The summed E-state index contributed by atoms with van der Waals surface area (Å²) in [5, 5.41) is 5.48. The number of carbonyl (C=O) groups is 2. The number of nitrogens with two attached hydrogens (primary N) is 1. The number of nitrogens with one attached hydrogen (secondary N) is 2. The topological polar surface area (TPSA) is 93.4 Å². The largest absolute Gasteiger partial charge is 0.494 e. The lowest BCUT2D eigenvalue weighted by Gasteiger charge is -2.12. The number of methoxy groups -OCH3 is 1. The molecule has 0 radical (unpaired) electrons. The van der Waals surface area contributed by atoms with Gasteiger partial charge in [0.2, 0.25) is 11.8 Å². The van der Waals surface area contributed by atoms with Crippen LogP contribution in [0.25, 0.3) is 0 Å². The smallest absolute Gasteiger partial charge is 0.238 e. The quantitative estimate of drug-likeness (QED) is 0.721. The van der Waals surface area contributed by atoms with Crippen molar-refractivity contribution in [1.29, 1.82) is 0 Å². The Labute approximate surface area is 147 Å². The molecule has 0 fully saturated rings. The summed E-state index contributed by atoms with van der Waals surface area (Å²) >= 11 is 0. The molecule has 6 nitrogen and oxygen atoms in total. The SMILES string of the molecule is COc1cc(NC(=O)CN)ccc1NC(=O)CCc1ccc(C)cc1. The summed E-state index contributed by atoms with van der Waals surface area (Å²) < 4.78 is 5.28. The summed E-state index contributed by atoms with van der Waals surface area (Å²) in [5.41, 5.74) is 8.71. The molecule has 0 aliphatic carbocycles. The van der Waals surface area contributed by atoms with Gasteiger partial charge in [-0.3, -0.25) is 9.59 Å². The van der Waals surface area contributed by atoms with Gasteiger partial charge in [0.15, 0.2) is 0 Å². The van der Waals surface area contributed by atoms with Crippen molar-refractivity contribution in [3.63, 3.8) is 0 Å². The Kier molecular flexibility index (Phi) is 6.54. The van der Waals surface area contributed by atoms with E-state index in [1.807, 2.05) is 31.2 Å². The second kappa shape index (κ2) is 8.84. The van der Waals surface area contributed by atoms with E-state index in [0.717, 1.165) is 5.56 Å². The molecule has 132 valence electrons. The Balaban J connectivity index is 1.97. The minimum Gasteiger partial charge on any atom is -0.494 e. The minimum absolute atomic E-state index is 0.0974. The summed E-state index contributed by atoms with van der Waals surface area (Å²) in [4.78, 5) is 23.5. The molecule has 2 aromatic carbocycles. The number of anilines is 2. The van der Waals surface area contributed by atoms with Gasteiger partial charge >= 0.3 is 0 Å². The third-order valence-electron chi connectivity index (χ3n) is 3.71. The number of ether oxygens (including phenoxy) is 1. The Morgan fingerprint density at radius 2 is 1.76 bits per heavy atom. The predicted molar refractivity (Wildman–Crippen MR) is 98.8 cm³/mol. The minimum atomic E-state index is -0.295. The van der Waals surface area contributed by atoms with Crippen LogP contribution < -0.4 is 21.1 Å². The van der Waals surface area contributed by atoms with Crippen LogP contribution in [0.4, 0.5) is 11.4 Å². The number of hydrogen-bond acceptors (Lipinski definition) is 4. The molecule has 0 atom stereocenters. The molecule has 0 bridgehead atoms. The molecule has 2 amide bonds. The van der Waals surface area contributed by atoms with Crippen molar-refractivity contribution in [2.75, 3.05) is 24.3 Å². The van der Waals surface area contributed by atoms with Crippen LogP contribution in [0.5, 0.6) is 5.75 Å². The average molecular weight is 341 g/mol. The first kappa shape index (κ1) is 18.5. The van der Waals surface area contributed by atoms with Gasteiger partial charge in [-0.1, -0.05) is 29.8 Å². The van der Waals surface area contributed by atoms with E-state index in [4.69, 9.17) is 10.5 Å². The summed E-state index contributed by atoms with van der Waals surface area (Å²) in [6.45, 7) is 1.93. The fourth-order valence-electron chi connectivity index (χ4n) is 2.31. The maximum absolute atomic E-state index is 12.2. The highest BCUT2D eigenvalue weighted by Gasteiger charge is 2.10. The lowest BCUT2D eigenvalue weighted by molar-refractivity contribution is -0.116. The van der Waals surface area contributed by atoms with E-state index in [0.29, 0.717) is 30.0 Å². The molecule has 0 heterocycles. The molecule has 25 heavy (non-hydrogen) atoms. The average Bonchev–Trinajstić information content (AvgIpc) is 2.62. The molecule has 4 N–H and O–H groups in total. The van der Waals surface area contributed by atoms with Crippen molar-refractivity contribution < 1.29 is 14.3 Å². The van der Waals surface area contributed by atoms with Crippen molar-refractivity contribution in [3.8, 4) is 5.75 Å². The number of amides is 2. The van der Waals surface area contributed by atoms with Gasteiger partial charge < -0.3 is 21.1 Å². The van der Waals surface area contributed by atoms with E-state index in [-0.39, 0.29) is 18.4 Å². The van der Waals surface area contributed by atoms with Crippen LogP contribution >= 0.6 is 0 Å². The van der Waals surface area contributed by atoms with Crippen LogP contribution in [-0.4, -0.2) is 25.5 Å². The molecule has 0 spiro atoms. The second-order valence-corrected chi connectivity index (χ2v) is 5.70. The monoisotopic (exact) mass is 341 g/mol. The van der Waals surface area contributed by atoms with E-state index < -0.39 is 0 Å². The Morgan fingerprint density at radius 3 is 2.40 bits per heavy atom. The number of aryl methyl sites for hydroxylation is 2. The summed E-state index contributed by atoms with van der Waals surface area (Å²) in [7, 11) is 1.51. The van der Waals surface area contributed by atoms with Crippen LogP contribution in [0, 0.1) is 6.92 Å². The molecule has 0 aliphatic rings. The maximum atomic E-state index is 12.2. The van der Waals surface area contributed by atoms with Gasteiger partial charge in [0.1, 0.15) is 5.75 Å². The van der Waals surface area contributed by atoms with Gasteiger partial charge in [0.05, 0.1) is 19.3 Å².